The van der Waals surface area contributed by atoms with E-state index in [4.69, 9.17) is 0 Å². The van der Waals surface area contributed by atoms with Gasteiger partial charge in [-0.1, -0.05) is 24.3 Å². The summed E-state index contributed by atoms with van der Waals surface area (Å²) in [5.41, 5.74) is 2.52. The van der Waals surface area contributed by atoms with Gasteiger partial charge in [-0.25, -0.2) is 0 Å². The number of para-hydroxylation sites is 1. The third-order valence-corrected chi connectivity index (χ3v) is 4.49. The van der Waals surface area contributed by atoms with Crippen LogP contribution in [0.3, 0.4) is 0 Å². The van der Waals surface area contributed by atoms with Crippen LogP contribution in [0.1, 0.15) is 10.4 Å². The van der Waals surface area contributed by atoms with Crippen molar-refractivity contribution in [3.05, 3.63) is 58.4 Å². The van der Waals surface area contributed by atoms with Crippen LogP contribution in [0.4, 0.5) is 0 Å². The molecule has 0 atom stereocenters. The maximum absolute atomic E-state index is 11.9. The van der Waals surface area contributed by atoms with Crippen molar-refractivity contribution in [2.75, 3.05) is 6.54 Å². The number of carbonyl (C=O) groups excluding carboxylic acids is 1. The van der Waals surface area contributed by atoms with Crippen LogP contribution < -0.4 is 5.32 Å². The van der Waals surface area contributed by atoms with Gasteiger partial charge in [0.1, 0.15) is 0 Å². The second-order valence-corrected chi connectivity index (χ2v) is 6.17. The molecule has 0 radical (unpaired) electrons. The van der Waals surface area contributed by atoms with Gasteiger partial charge in [-0.15, -0.1) is 11.3 Å². The first-order valence-electron chi connectivity index (χ1n) is 7.06. The Hall–Kier alpha value is -2.07. The van der Waals surface area contributed by atoms with Crippen LogP contribution in [-0.2, 0) is 24.7 Å². The monoisotopic (exact) mass is 298 g/mol. The van der Waals surface area contributed by atoms with E-state index in [1.54, 1.807) is 11.3 Å². The summed E-state index contributed by atoms with van der Waals surface area (Å²) in [6, 6.07) is 12.3. The number of aromatic nitrogens is 1. The molecule has 0 aliphatic carbocycles. The molecule has 1 amide bonds. The highest BCUT2D eigenvalue weighted by molar-refractivity contribution is 7.10. The average molecular weight is 298 g/mol. The lowest BCUT2D eigenvalue weighted by molar-refractivity contribution is -0.120. The van der Waals surface area contributed by atoms with Crippen LogP contribution in [-0.4, -0.2) is 17.0 Å². The highest BCUT2D eigenvalue weighted by atomic mass is 32.1. The zero-order valence-electron chi connectivity index (χ0n) is 12.0. The summed E-state index contributed by atoms with van der Waals surface area (Å²) in [5.74, 6) is 0.0951. The van der Waals surface area contributed by atoms with E-state index >= 15 is 0 Å². The van der Waals surface area contributed by atoms with Gasteiger partial charge in [0.15, 0.2) is 0 Å². The highest BCUT2D eigenvalue weighted by Gasteiger charge is 2.07. The molecule has 0 aliphatic heterocycles. The normalized spacial score (nSPS) is 10.9. The quantitative estimate of drug-likeness (QED) is 0.771. The lowest BCUT2D eigenvalue weighted by Crippen LogP contribution is -2.26. The van der Waals surface area contributed by atoms with E-state index in [0.717, 1.165) is 11.3 Å². The van der Waals surface area contributed by atoms with Crippen LogP contribution in [0.15, 0.2) is 48.0 Å². The number of rotatable bonds is 5. The Bertz CT molecular complexity index is 743. The Labute approximate surface area is 128 Å². The second kappa shape index (κ2) is 6.14. The fraction of sp³-hybridized carbons (Fsp3) is 0.235. The molecular formula is C17H18N2OS. The molecule has 3 nitrogen and oxygen atoms in total. The minimum atomic E-state index is 0.0951. The summed E-state index contributed by atoms with van der Waals surface area (Å²) in [6.45, 7) is 0.679. The molecular weight excluding hydrogens is 280 g/mol. The van der Waals surface area contributed by atoms with Gasteiger partial charge < -0.3 is 9.88 Å². The zero-order chi connectivity index (χ0) is 14.7. The van der Waals surface area contributed by atoms with Gasteiger partial charge in [0.25, 0.3) is 0 Å². The topological polar surface area (TPSA) is 34.0 Å². The molecule has 0 saturated carbocycles. The molecule has 3 aromatic rings. The Morgan fingerprint density at radius 3 is 2.90 bits per heavy atom. The number of hydrogen-bond donors (Lipinski definition) is 1. The van der Waals surface area contributed by atoms with Crippen LogP contribution in [0.5, 0.6) is 0 Å². The average Bonchev–Trinajstić information content (AvgIpc) is 3.09. The Kier molecular flexibility index (Phi) is 4.06. The Morgan fingerprint density at radius 1 is 1.24 bits per heavy atom. The van der Waals surface area contributed by atoms with Crippen molar-refractivity contribution < 1.29 is 4.79 Å². The summed E-state index contributed by atoms with van der Waals surface area (Å²) in [6.07, 6.45) is 3.49. The molecule has 0 saturated heterocycles. The Morgan fingerprint density at radius 2 is 2.10 bits per heavy atom. The predicted molar refractivity (Wildman–Crippen MR) is 87.7 cm³/mol. The predicted octanol–water partition coefficient (Wildman–Crippen LogP) is 3.14. The van der Waals surface area contributed by atoms with Gasteiger partial charge in [-0.2, -0.15) is 0 Å². The van der Waals surface area contributed by atoms with Gasteiger partial charge in [0, 0.05) is 35.6 Å². The number of nitrogens with one attached hydrogen (secondary N) is 1. The fourth-order valence-electron chi connectivity index (χ4n) is 2.60. The van der Waals surface area contributed by atoms with Crippen LogP contribution in [0.25, 0.3) is 10.9 Å². The van der Waals surface area contributed by atoms with E-state index in [0.29, 0.717) is 13.0 Å². The molecule has 0 fully saturated rings. The molecule has 0 bridgehead atoms. The third kappa shape index (κ3) is 3.16. The van der Waals surface area contributed by atoms with Crippen molar-refractivity contribution >= 4 is 28.1 Å². The molecule has 108 valence electrons. The summed E-state index contributed by atoms with van der Waals surface area (Å²) in [7, 11) is 2.06. The third-order valence-electron chi connectivity index (χ3n) is 3.61. The molecule has 0 spiro atoms. The second-order valence-electron chi connectivity index (χ2n) is 5.14. The number of benzene rings is 1. The van der Waals surface area contributed by atoms with E-state index in [-0.39, 0.29) is 5.91 Å². The van der Waals surface area contributed by atoms with E-state index in [2.05, 4.69) is 47.4 Å². The smallest absolute Gasteiger partial charge is 0.225 e. The molecule has 0 unspecified atom stereocenters. The summed E-state index contributed by atoms with van der Waals surface area (Å²) >= 11 is 1.62. The van der Waals surface area contributed by atoms with Crippen molar-refractivity contribution in [3.8, 4) is 0 Å². The summed E-state index contributed by atoms with van der Waals surface area (Å²) in [5, 5.41) is 6.27. The van der Waals surface area contributed by atoms with Crippen molar-refractivity contribution in [1.82, 2.24) is 9.88 Å². The summed E-state index contributed by atoms with van der Waals surface area (Å²) < 4.78 is 2.14. The van der Waals surface area contributed by atoms with Gasteiger partial charge >= 0.3 is 0 Å². The zero-order valence-corrected chi connectivity index (χ0v) is 12.8. The van der Waals surface area contributed by atoms with Gasteiger partial charge in [0.05, 0.1) is 6.42 Å². The van der Waals surface area contributed by atoms with Gasteiger partial charge in [0.2, 0.25) is 5.91 Å². The molecule has 2 heterocycles. The highest BCUT2D eigenvalue weighted by Crippen LogP contribution is 2.20. The SMILES string of the molecule is Cn1cc(CCNC(=O)Cc2cccs2)c2ccccc21. The van der Waals surface area contributed by atoms with Gasteiger partial charge in [-0.3, -0.25) is 4.79 Å². The minimum Gasteiger partial charge on any atom is -0.355 e. The number of amides is 1. The molecule has 1 aromatic carbocycles. The van der Waals surface area contributed by atoms with Crippen molar-refractivity contribution in [2.24, 2.45) is 7.05 Å². The molecule has 2 aromatic heterocycles. The molecule has 0 aliphatic rings. The first-order chi connectivity index (χ1) is 10.2. The number of nitrogens with zero attached hydrogens (tertiary/aromatic N) is 1. The van der Waals surface area contributed by atoms with Crippen molar-refractivity contribution in [2.45, 2.75) is 12.8 Å². The number of thiophene rings is 1. The largest absolute Gasteiger partial charge is 0.355 e. The molecule has 3 rings (SSSR count). The Balaban J connectivity index is 1.58. The fourth-order valence-corrected chi connectivity index (χ4v) is 3.30. The molecule has 21 heavy (non-hydrogen) atoms. The van der Waals surface area contributed by atoms with Crippen LogP contribution >= 0.6 is 11.3 Å². The number of carbonyl (C=O) groups is 1. The van der Waals surface area contributed by atoms with Gasteiger partial charge in [-0.05, 0) is 29.5 Å². The first kappa shape index (κ1) is 13.9. The lowest BCUT2D eigenvalue weighted by atomic mass is 10.1. The number of fused-ring (bicyclic) bond motifs is 1. The number of aryl methyl sites for hydroxylation is 1. The van der Waals surface area contributed by atoms with E-state index in [1.807, 2.05) is 17.5 Å². The van der Waals surface area contributed by atoms with E-state index in [1.165, 1.54) is 16.5 Å². The van der Waals surface area contributed by atoms with Crippen LogP contribution in [0.2, 0.25) is 0 Å². The summed E-state index contributed by atoms with van der Waals surface area (Å²) in [4.78, 5) is 13.0. The maximum atomic E-state index is 11.9. The van der Waals surface area contributed by atoms with Crippen molar-refractivity contribution in [3.63, 3.8) is 0 Å². The van der Waals surface area contributed by atoms with E-state index < -0.39 is 0 Å². The number of hydrogen-bond acceptors (Lipinski definition) is 2. The maximum Gasteiger partial charge on any atom is 0.225 e. The van der Waals surface area contributed by atoms with Crippen LogP contribution in [0, 0.1) is 0 Å². The lowest BCUT2D eigenvalue weighted by Gasteiger charge is -2.03. The first-order valence-corrected chi connectivity index (χ1v) is 7.94. The van der Waals surface area contributed by atoms with E-state index in [9.17, 15) is 4.79 Å². The van der Waals surface area contributed by atoms with Crippen molar-refractivity contribution in [1.29, 1.82) is 0 Å². The minimum absolute atomic E-state index is 0.0951. The standard InChI is InChI=1S/C17H18N2OS/c1-19-12-13(15-6-2-3-7-16(15)19)8-9-18-17(20)11-14-5-4-10-21-14/h2-7,10,12H,8-9,11H2,1H3,(H,18,20). The molecule has 1 N–H and O–H groups in total. The molecule has 4 heteroatoms.